The fraction of sp³-hybridized carbons (Fsp3) is 0.560. The molecule has 1 aromatic carbocycles. The number of guanidine groups is 2. The quantitative estimate of drug-likeness (QED) is 0.150. The number of fused-ring (bicyclic) bond motifs is 2. The van der Waals surface area contributed by atoms with Crippen LogP contribution in [-0.4, -0.2) is 92.3 Å². The largest absolute Gasteiger partial charge is 0.370 e. The van der Waals surface area contributed by atoms with E-state index in [4.69, 9.17) is 11.5 Å². The van der Waals surface area contributed by atoms with Crippen molar-refractivity contribution in [2.45, 2.75) is 73.5 Å². The maximum absolute atomic E-state index is 13.5. The van der Waals surface area contributed by atoms with Gasteiger partial charge in [-0.05, 0) is 48.3 Å². The Morgan fingerprint density at radius 2 is 1.89 bits per heavy atom. The van der Waals surface area contributed by atoms with Gasteiger partial charge in [0.15, 0.2) is 12.0 Å². The first-order valence-electron chi connectivity index (χ1n) is 13.1. The van der Waals surface area contributed by atoms with Gasteiger partial charge in [-0.1, -0.05) is 12.1 Å². The van der Waals surface area contributed by atoms with Crippen LogP contribution in [0, 0.1) is 0 Å². The molecule has 0 radical (unpaired) electrons. The Hall–Kier alpha value is -3.71. The summed E-state index contributed by atoms with van der Waals surface area (Å²) in [7, 11) is 0. The van der Waals surface area contributed by atoms with Crippen LogP contribution >= 0.6 is 0 Å². The van der Waals surface area contributed by atoms with E-state index in [-0.39, 0.29) is 55.1 Å². The molecule has 3 amide bonds. The van der Waals surface area contributed by atoms with Crippen LogP contribution in [0.2, 0.25) is 0 Å². The van der Waals surface area contributed by atoms with Gasteiger partial charge in [-0.25, -0.2) is 10.3 Å². The summed E-state index contributed by atoms with van der Waals surface area (Å²) >= 11 is 0. The van der Waals surface area contributed by atoms with Crippen molar-refractivity contribution < 1.29 is 29.6 Å². The molecule has 4 aliphatic heterocycles. The molecule has 3 fully saturated rings. The van der Waals surface area contributed by atoms with Crippen LogP contribution in [0.3, 0.4) is 0 Å². The third-order valence-corrected chi connectivity index (χ3v) is 9.41. The minimum atomic E-state index is -2.56. The molecule has 7 rings (SSSR count). The van der Waals surface area contributed by atoms with Crippen molar-refractivity contribution >= 4 is 29.6 Å². The lowest BCUT2D eigenvalue weighted by atomic mass is 9.84. The molecule has 200 valence electrons. The van der Waals surface area contributed by atoms with Gasteiger partial charge >= 0.3 is 5.96 Å². The van der Waals surface area contributed by atoms with Gasteiger partial charge in [0.05, 0.1) is 13.1 Å². The standard InChI is InChI=1S/C25H30N8O5/c26-21-30-19-15(10-32-17(34)4-5-18(32)35)28-22(27)33-11-16(25(37,38)24(19,33)31-21)29-20(36)13-2-1-3-14-12(13)6-7-23(14)8-9-23/h1-3,15-16,19,37-38H,4-11H2,(H2,27,28)(H,29,36)(H3,26,30,31)/p+1/t15-,16?,19-,24?/m0/s1. The van der Waals surface area contributed by atoms with Gasteiger partial charge in [-0.2, -0.15) is 0 Å². The molecule has 2 aliphatic carbocycles. The Labute approximate surface area is 217 Å². The van der Waals surface area contributed by atoms with Crippen molar-refractivity contribution in [3.63, 3.8) is 0 Å². The minimum Gasteiger partial charge on any atom is -0.370 e. The molecule has 2 unspecified atom stereocenters. The highest BCUT2D eigenvalue weighted by molar-refractivity contribution is 6.02. The summed E-state index contributed by atoms with van der Waals surface area (Å²) in [4.78, 5) is 48.2. The summed E-state index contributed by atoms with van der Waals surface area (Å²) in [6.45, 7) is -0.147. The zero-order valence-corrected chi connectivity index (χ0v) is 20.7. The van der Waals surface area contributed by atoms with E-state index in [1.165, 1.54) is 10.5 Å². The molecule has 0 aromatic heterocycles. The second kappa shape index (κ2) is 7.44. The molecule has 4 atom stereocenters. The van der Waals surface area contributed by atoms with E-state index in [2.05, 4.69) is 26.7 Å². The van der Waals surface area contributed by atoms with Gasteiger partial charge in [0.1, 0.15) is 12.1 Å². The number of carbonyl (C=O) groups is 3. The van der Waals surface area contributed by atoms with E-state index in [9.17, 15) is 24.6 Å². The van der Waals surface area contributed by atoms with Crippen LogP contribution in [0.25, 0.3) is 0 Å². The number of nitrogens with zero attached hydrogens (tertiary/aromatic N) is 3. The summed E-state index contributed by atoms with van der Waals surface area (Å²) in [5.41, 5.74) is 13.7. The number of rotatable bonds is 4. The number of benzene rings is 1. The van der Waals surface area contributed by atoms with E-state index in [0.717, 1.165) is 36.1 Å². The van der Waals surface area contributed by atoms with Crippen LogP contribution in [0.1, 0.15) is 53.6 Å². The van der Waals surface area contributed by atoms with E-state index >= 15 is 0 Å². The summed E-state index contributed by atoms with van der Waals surface area (Å²) < 4.78 is 0. The topological polar surface area (TPSA) is 201 Å². The number of amides is 3. The number of nitrogens with one attached hydrogen (secondary N) is 3. The van der Waals surface area contributed by atoms with Gasteiger partial charge in [0.2, 0.25) is 17.6 Å². The Morgan fingerprint density at radius 3 is 2.61 bits per heavy atom. The Morgan fingerprint density at radius 1 is 1.16 bits per heavy atom. The first kappa shape index (κ1) is 23.4. The highest BCUT2D eigenvalue weighted by Gasteiger charge is 2.76. The van der Waals surface area contributed by atoms with Crippen molar-refractivity contribution in [1.82, 2.24) is 20.4 Å². The zero-order chi connectivity index (χ0) is 26.6. The summed E-state index contributed by atoms with van der Waals surface area (Å²) in [5.74, 6) is -3.55. The maximum Gasteiger partial charge on any atom is 0.343 e. The van der Waals surface area contributed by atoms with E-state index in [1.54, 1.807) is 6.07 Å². The average Bonchev–Trinajstić information content (AvgIpc) is 3.18. The highest BCUT2D eigenvalue weighted by atomic mass is 16.5. The molecule has 1 aromatic rings. The second-order valence-corrected chi connectivity index (χ2v) is 11.4. The summed E-state index contributed by atoms with van der Waals surface area (Å²) in [6.07, 6.45) is 4.35. The number of hydrogen-bond donors (Lipinski definition) is 7. The molecule has 13 nitrogen and oxygen atoms in total. The van der Waals surface area contributed by atoms with Crippen LogP contribution in [0.15, 0.2) is 23.2 Å². The number of imide groups is 1. The van der Waals surface area contributed by atoms with Gasteiger partial charge in [-0.15, -0.1) is 0 Å². The first-order valence-corrected chi connectivity index (χ1v) is 13.1. The van der Waals surface area contributed by atoms with Crippen molar-refractivity contribution in [3.05, 3.63) is 34.9 Å². The molecular weight excluding hydrogens is 492 g/mol. The fourth-order valence-corrected chi connectivity index (χ4v) is 7.31. The Balaban J connectivity index is 1.20. The van der Waals surface area contributed by atoms with Crippen molar-refractivity contribution in [1.29, 1.82) is 0 Å². The molecule has 13 heteroatoms. The highest BCUT2D eigenvalue weighted by Crippen LogP contribution is 2.57. The monoisotopic (exact) mass is 523 g/mol. The number of carbonyl (C=O) groups excluding carboxylic acids is 3. The summed E-state index contributed by atoms with van der Waals surface area (Å²) in [6, 6.07) is 2.90. The SMILES string of the molecule is NC1=N[C@@H](CN2C(=O)CCC2=O)[C@@H]2[NH+]=C(N)NC23N1CC(NC(=O)c1cccc2c1CCC21CC1)C3(O)O. The van der Waals surface area contributed by atoms with Crippen molar-refractivity contribution in [3.8, 4) is 0 Å². The number of hydrogen-bond acceptors (Lipinski definition) is 10. The Kier molecular flexibility index (Phi) is 4.59. The normalized spacial score (nSPS) is 33.5. The van der Waals surface area contributed by atoms with E-state index in [1.807, 2.05) is 6.07 Å². The van der Waals surface area contributed by atoms with Crippen molar-refractivity contribution in [2.24, 2.45) is 16.5 Å². The van der Waals surface area contributed by atoms with Gasteiger partial charge < -0.3 is 21.3 Å². The van der Waals surface area contributed by atoms with Gasteiger partial charge in [-0.3, -0.25) is 34.9 Å². The maximum atomic E-state index is 13.5. The van der Waals surface area contributed by atoms with E-state index < -0.39 is 35.5 Å². The molecule has 2 saturated heterocycles. The molecule has 0 bridgehead atoms. The number of nitrogens with two attached hydrogens (primary N) is 2. The molecule has 4 heterocycles. The number of aliphatic imine (C=N–C) groups is 1. The van der Waals surface area contributed by atoms with Crippen LogP contribution in [0.4, 0.5) is 0 Å². The minimum absolute atomic E-state index is 0.0187. The average molecular weight is 524 g/mol. The van der Waals surface area contributed by atoms with Crippen molar-refractivity contribution in [2.75, 3.05) is 13.1 Å². The third-order valence-electron chi connectivity index (χ3n) is 9.41. The van der Waals surface area contributed by atoms with Crippen LogP contribution in [-0.2, 0) is 21.4 Å². The van der Waals surface area contributed by atoms with Crippen LogP contribution in [0.5, 0.6) is 0 Å². The predicted octanol–water partition coefficient (Wildman–Crippen LogP) is -4.33. The smallest absolute Gasteiger partial charge is 0.343 e. The van der Waals surface area contributed by atoms with Gasteiger partial charge in [0, 0.05) is 18.4 Å². The predicted molar refractivity (Wildman–Crippen MR) is 132 cm³/mol. The molecule has 6 aliphatic rings. The molecule has 38 heavy (non-hydrogen) atoms. The zero-order valence-electron chi connectivity index (χ0n) is 20.7. The molecule has 2 spiro atoms. The molecule has 1 saturated carbocycles. The number of aliphatic hydroxyl groups is 2. The lowest BCUT2D eigenvalue weighted by Crippen LogP contribution is -2.90. The lowest BCUT2D eigenvalue weighted by Gasteiger charge is -2.46. The Bertz CT molecular complexity index is 1340. The molecule has 9 N–H and O–H groups in total. The third kappa shape index (κ3) is 2.91. The fourth-order valence-electron chi connectivity index (χ4n) is 7.31. The molecular formula is C25H31N8O5+. The lowest BCUT2D eigenvalue weighted by molar-refractivity contribution is -0.521. The second-order valence-electron chi connectivity index (χ2n) is 11.4. The summed E-state index contributed by atoms with van der Waals surface area (Å²) in [5, 5.41) is 29.1. The first-order chi connectivity index (χ1) is 18.1. The number of likely N-dealkylation sites (tertiary alicyclic amines) is 1. The van der Waals surface area contributed by atoms with Crippen LogP contribution < -0.4 is 27.1 Å². The van der Waals surface area contributed by atoms with E-state index in [0.29, 0.717) is 5.56 Å². The van der Waals surface area contributed by atoms with Gasteiger partial charge in [0.25, 0.3) is 11.6 Å².